The number of carbonyl (C=O) groups excluding carboxylic acids is 1. The maximum atomic E-state index is 13.2. The maximum absolute atomic E-state index is 13.2. The van der Waals surface area contributed by atoms with E-state index in [-0.39, 0.29) is 22.2 Å². The van der Waals surface area contributed by atoms with E-state index < -0.39 is 9.84 Å². The number of anilines is 2. The third-order valence-corrected chi connectivity index (χ3v) is 8.99. The molecule has 2 N–H and O–H groups in total. The first-order valence-electron chi connectivity index (χ1n) is 10.8. The molecule has 4 aromatic rings. The number of halogens is 1. The van der Waals surface area contributed by atoms with Gasteiger partial charge in [-0.1, -0.05) is 54.6 Å². The molecule has 0 bridgehead atoms. The highest BCUT2D eigenvalue weighted by Crippen LogP contribution is 2.34. The highest BCUT2D eigenvalue weighted by Gasteiger charge is 2.24. The number of hydrogen-bond acceptors (Lipinski definition) is 5. The first kappa shape index (κ1) is 25.0. The van der Waals surface area contributed by atoms with Crippen LogP contribution in [0.1, 0.15) is 5.56 Å². The summed E-state index contributed by atoms with van der Waals surface area (Å²) in [4.78, 5) is 14.0. The standard InChI is InChI=1S/C27H23BrN2O3S2/c28-24-12-7-13-25(27(24)35(32,33)23-10-5-2-6-11-23)29-18-26(31)30-21-16-14-20(15-17-21)19-34-22-8-3-1-4-9-22/h1-17,29H,18-19H2,(H,30,31). The lowest BCUT2D eigenvalue weighted by molar-refractivity contribution is -0.114. The van der Waals surface area contributed by atoms with Crippen molar-refractivity contribution in [1.82, 2.24) is 0 Å². The highest BCUT2D eigenvalue weighted by molar-refractivity contribution is 9.10. The van der Waals surface area contributed by atoms with Crippen molar-refractivity contribution in [2.45, 2.75) is 20.4 Å². The van der Waals surface area contributed by atoms with Crippen molar-refractivity contribution in [2.75, 3.05) is 17.2 Å². The minimum absolute atomic E-state index is 0.0840. The van der Waals surface area contributed by atoms with Gasteiger partial charge in [-0.05, 0) is 70.0 Å². The Morgan fingerprint density at radius 2 is 1.46 bits per heavy atom. The van der Waals surface area contributed by atoms with Crippen LogP contribution in [0.3, 0.4) is 0 Å². The van der Waals surface area contributed by atoms with Gasteiger partial charge >= 0.3 is 0 Å². The largest absolute Gasteiger partial charge is 0.375 e. The van der Waals surface area contributed by atoms with Crippen molar-refractivity contribution in [3.63, 3.8) is 0 Å². The lowest BCUT2D eigenvalue weighted by Crippen LogP contribution is -2.22. The summed E-state index contributed by atoms with van der Waals surface area (Å²) < 4.78 is 26.9. The van der Waals surface area contributed by atoms with Gasteiger partial charge in [-0.15, -0.1) is 11.8 Å². The second kappa shape index (κ2) is 11.6. The summed E-state index contributed by atoms with van der Waals surface area (Å²) in [6.45, 7) is -0.0840. The third kappa shape index (κ3) is 6.54. The van der Waals surface area contributed by atoms with Crippen LogP contribution >= 0.6 is 27.7 Å². The average molecular weight is 568 g/mol. The Hall–Kier alpha value is -3.07. The molecule has 0 aliphatic rings. The number of rotatable bonds is 9. The molecule has 8 heteroatoms. The molecule has 0 fully saturated rings. The molecule has 178 valence electrons. The summed E-state index contributed by atoms with van der Waals surface area (Å²) in [6, 6.07) is 31.1. The third-order valence-electron chi connectivity index (χ3n) is 5.12. The molecule has 0 atom stereocenters. The first-order valence-corrected chi connectivity index (χ1v) is 14.1. The van der Waals surface area contributed by atoms with Gasteiger partial charge in [0.05, 0.1) is 17.1 Å². The summed E-state index contributed by atoms with van der Waals surface area (Å²) in [7, 11) is -3.78. The van der Waals surface area contributed by atoms with E-state index in [0.717, 1.165) is 11.3 Å². The monoisotopic (exact) mass is 566 g/mol. The van der Waals surface area contributed by atoms with E-state index in [0.29, 0.717) is 15.8 Å². The Kier molecular flexibility index (Phi) is 8.28. The van der Waals surface area contributed by atoms with Crippen LogP contribution in [0.5, 0.6) is 0 Å². The number of carbonyl (C=O) groups is 1. The fourth-order valence-electron chi connectivity index (χ4n) is 3.39. The molecule has 0 aliphatic carbocycles. The summed E-state index contributed by atoms with van der Waals surface area (Å²) in [6.07, 6.45) is 0. The Morgan fingerprint density at radius 1 is 0.800 bits per heavy atom. The fraction of sp³-hybridized carbons (Fsp3) is 0.0741. The van der Waals surface area contributed by atoms with Crippen LogP contribution in [0.4, 0.5) is 11.4 Å². The SMILES string of the molecule is O=C(CNc1cccc(Br)c1S(=O)(=O)c1ccccc1)Nc1ccc(CSc2ccccc2)cc1. The molecule has 0 saturated carbocycles. The lowest BCUT2D eigenvalue weighted by Gasteiger charge is -2.14. The Labute approximate surface area is 218 Å². The highest BCUT2D eigenvalue weighted by atomic mass is 79.9. The molecule has 0 aliphatic heterocycles. The number of nitrogens with one attached hydrogen (secondary N) is 2. The van der Waals surface area contributed by atoms with E-state index in [1.54, 1.807) is 60.3 Å². The summed E-state index contributed by atoms with van der Waals surface area (Å²) in [5, 5.41) is 5.82. The molecule has 0 unspecified atom stereocenters. The Balaban J connectivity index is 1.38. The zero-order valence-corrected chi connectivity index (χ0v) is 21.9. The number of benzene rings is 4. The van der Waals surface area contributed by atoms with Gasteiger partial charge in [-0.25, -0.2) is 8.42 Å². The molecule has 0 radical (unpaired) electrons. The second-order valence-electron chi connectivity index (χ2n) is 7.63. The summed E-state index contributed by atoms with van der Waals surface area (Å²) >= 11 is 5.11. The zero-order chi connectivity index (χ0) is 24.7. The van der Waals surface area contributed by atoms with Crippen molar-refractivity contribution < 1.29 is 13.2 Å². The minimum Gasteiger partial charge on any atom is -0.375 e. The molecule has 0 saturated heterocycles. The molecular formula is C27H23BrN2O3S2. The molecule has 0 heterocycles. The smallest absolute Gasteiger partial charge is 0.243 e. The molecule has 4 rings (SSSR count). The van der Waals surface area contributed by atoms with Gasteiger partial charge in [0.2, 0.25) is 15.7 Å². The minimum atomic E-state index is -3.78. The van der Waals surface area contributed by atoms with E-state index in [1.165, 1.54) is 4.90 Å². The van der Waals surface area contributed by atoms with Crippen molar-refractivity contribution in [1.29, 1.82) is 0 Å². The van der Waals surface area contributed by atoms with E-state index in [2.05, 4.69) is 38.7 Å². The number of hydrogen-bond donors (Lipinski definition) is 2. The molecule has 1 amide bonds. The predicted molar refractivity (Wildman–Crippen MR) is 146 cm³/mol. The van der Waals surface area contributed by atoms with Gasteiger partial charge in [0.25, 0.3) is 0 Å². The van der Waals surface area contributed by atoms with Crippen LogP contribution in [-0.2, 0) is 20.4 Å². The topological polar surface area (TPSA) is 75.3 Å². The average Bonchev–Trinajstić information content (AvgIpc) is 2.88. The van der Waals surface area contributed by atoms with E-state index in [9.17, 15) is 13.2 Å². The van der Waals surface area contributed by atoms with E-state index in [4.69, 9.17) is 0 Å². The summed E-state index contributed by atoms with van der Waals surface area (Å²) in [5.41, 5.74) is 2.18. The van der Waals surface area contributed by atoms with Crippen molar-refractivity contribution in [2.24, 2.45) is 0 Å². The van der Waals surface area contributed by atoms with Crippen LogP contribution in [0.15, 0.2) is 122 Å². The van der Waals surface area contributed by atoms with Crippen molar-refractivity contribution in [3.8, 4) is 0 Å². The normalized spacial score (nSPS) is 11.1. The quantitative estimate of drug-likeness (QED) is 0.222. The fourth-order valence-corrected chi connectivity index (χ4v) is 6.77. The number of sulfone groups is 1. The van der Waals surface area contributed by atoms with Crippen LogP contribution in [0, 0.1) is 0 Å². The lowest BCUT2D eigenvalue weighted by atomic mass is 10.2. The number of thioether (sulfide) groups is 1. The molecular weight excluding hydrogens is 544 g/mol. The van der Waals surface area contributed by atoms with Gasteiger partial charge in [0.1, 0.15) is 4.90 Å². The van der Waals surface area contributed by atoms with Gasteiger partial charge in [0, 0.05) is 20.8 Å². The van der Waals surface area contributed by atoms with E-state index >= 15 is 0 Å². The van der Waals surface area contributed by atoms with Crippen LogP contribution in [0.25, 0.3) is 0 Å². The molecule has 5 nitrogen and oxygen atoms in total. The zero-order valence-electron chi connectivity index (χ0n) is 18.6. The maximum Gasteiger partial charge on any atom is 0.243 e. The van der Waals surface area contributed by atoms with Crippen LogP contribution in [-0.4, -0.2) is 20.9 Å². The first-order chi connectivity index (χ1) is 16.9. The summed E-state index contributed by atoms with van der Waals surface area (Å²) in [5.74, 6) is 0.556. The number of amides is 1. The molecule has 0 aromatic heterocycles. The molecule has 35 heavy (non-hydrogen) atoms. The second-order valence-corrected chi connectivity index (χ2v) is 11.4. The van der Waals surface area contributed by atoms with Gasteiger partial charge < -0.3 is 10.6 Å². The van der Waals surface area contributed by atoms with Crippen molar-refractivity contribution >= 4 is 54.8 Å². The Morgan fingerprint density at radius 3 is 2.14 bits per heavy atom. The van der Waals surface area contributed by atoms with E-state index in [1.807, 2.05) is 42.5 Å². The van der Waals surface area contributed by atoms with Gasteiger partial charge in [-0.3, -0.25) is 4.79 Å². The van der Waals surface area contributed by atoms with Crippen LogP contribution < -0.4 is 10.6 Å². The molecule has 0 spiro atoms. The molecule has 4 aromatic carbocycles. The van der Waals surface area contributed by atoms with Crippen LogP contribution in [0.2, 0.25) is 0 Å². The van der Waals surface area contributed by atoms with Gasteiger partial charge in [0.15, 0.2) is 0 Å². The Bertz CT molecular complexity index is 1400. The van der Waals surface area contributed by atoms with Gasteiger partial charge in [-0.2, -0.15) is 0 Å². The van der Waals surface area contributed by atoms with Crippen molar-refractivity contribution in [3.05, 3.63) is 113 Å². The predicted octanol–water partition coefficient (Wildman–Crippen LogP) is 6.62.